The van der Waals surface area contributed by atoms with Gasteiger partial charge in [0.15, 0.2) is 5.11 Å². The maximum Gasteiger partial charge on any atom is 0.258 e. The van der Waals surface area contributed by atoms with Crippen molar-refractivity contribution in [2.24, 2.45) is 0 Å². The van der Waals surface area contributed by atoms with E-state index in [1.165, 1.54) is 0 Å². The minimum atomic E-state index is -0.322. The number of aromatic nitrogens is 2. The fourth-order valence-electron chi connectivity index (χ4n) is 3.96. The SMILES string of the molecule is COc1cccc(-c2noc(C3=C(C)N(Cc4ccco4)C(=S)NC3c3cccc(Cl)c3)n2)c1. The monoisotopic (exact) mass is 492 g/mol. The number of hydrogen-bond acceptors (Lipinski definition) is 6. The zero-order valence-electron chi connectivity index (χ0n) is 18.5. The summed E-state index contributed by atoms with van der Waals surface area (Å²) in [6.45, 7) is 2.45. The van der Waals surface area contributed by atoms with Crippen LogP contribution in [0.4, 0.5) is 0 Å². The molecule has 0 fully saturated rings. The lowest BCUT2D eigenvalue weighted by atomic mass is 9.95. The smallest absolute Gasteiger partial charge is 0.258 e. The fourth-order valence-corrected chi connectivity index (χ4v) is 4.47. The number of methoxy groups -OCH3 is 1. The van der Waals surface area contributed by atoms with Crippen molar-refractivity contribution in [1.29, 1.82) is 0 Å². The number of benzene rings is 2. The Bertz CT molecular complexity index is 1370. The van der Waals surface area contributed by atoms with Crippen LogP contribution in [0.1, 0.15) is 30.2 Å². The van der Waals surface area contributed by atoms with Crippen molar-refractivity contribution in [1.82, 2.24) is 20.4 Å². The van der Waals surface area contributed by atoms with E-state index in [1.54, 1.807) is 13.4 Å². The molecule has 1 aliphatic heterocycles. The van der Waals surface area contributed by atoms with Gasteiger partial charge < -0.3 is 23.9 Å². The number of nitrogens with zero attached hydrogens (tertiary/aromatic N) is 3. The van der Waals surface area contributed by atoms with E-state index >= 15 is 0 Å². The molecule has 3 heterocycles. The summed E-state index contributed by atoms with van der Waals surface area (Å²) in [5.41, 5.74) is 3.41. The largest absolute Gasteiger partial charge is 0.497 e. The third kappa shape index (κ3) is 4.30. The number of thiocarbonyl (C=S) groups is 1. The molecule has 0 saturated carbocycles. The predicted molar refractivity (Wildman–Crippen MR) is 133 cm³/mol. The molecule has 2 aromatic carbocycles. The van der Waals surface area contributed by atoms with Crippen LogP contribution in [0.2, 0.25) is 5.02 Å². The third-order valence-corrected chi connectivity index (χ3v) is 6.23. The summed E-state index contributed by atoms with van der Waals surface area (Å²) >= 11 is 12.0. The Morgan fingerprint density at radius 3 is 2.76 bits per heavy atom. The molecule has 0 spiro atoms. The van der Waals surface area contributed by atoms with Gasteiger partial charge in [-0.15, -0.1) is 0 Å². The number of hydrogen-bond donors (Lipinski definition) is 1. The van der Waals surface area contributed by atoms with E-state index < -0.39 is 0 Å². The molecule has 1 aliphatic rings. The number of allylic oxidation sites excluding steroid dienone is 1. The van der Waals surface area contributed by atoms with Gasteiger partial charge in [-0.05, 0) is 61.1 Å². The van der Waals surface area contributed by atoms with E-state index in [0.29, 0.717) is 34.1 Å². The Labute approximate surface area is 207 Å². The molecule has 2 aromatic heterocycles. The first-order valence-electron chi connectivity index (χ1n) is 10.6. The highest BCUT2D eigenvalue weighted by molar-refractivity contribution is 7.80. The maximum absolute atomic E-state index is 6.30. The molecule has 172 valence electrons. The van der Waals surface area contributed by atoms with Crippen LogP contribution in [0.5, 0.6) is 5.75 Å². The Kier molecular flexibility index (Phi) is 6.08. The van der Waals surface area contributed by atoms with Crippen molar-refractivity contribution in [3.05, 3.63) is 94.9 Å². The van der Waals surface area contributed by atoms with Gasteiger partial charge >= 0.3 is 0 Å². The van der Waals surface area contributed by atoms with E-state index in [1.807, 2.05) is 72.5 Å². The fraction of sp³-hybridized carbons (Fsp3) is 0.160. The molecule has 4 aromatic rings. The van der Waals surface area contributed by atoms with Crippen molar-refractivity contribution in [3.8, 4) is 17.1 Å². The quantitative estimate of drug-likeness (QED) is 0.336. The first-order chi connectivity index (χ1) is 16.5. The van der Waals surface area contributed by atoms with Gasteiger partial charge in [-0.3, -0.25) is 0 Å². The number of ether oxygens (including phenoxy) is 1. The molecule has 0 bridgehead atoms. The van der Waals surface area contributed by atoms with Crippen LogP contribution in [0.25, 0.3) is 17.0 Å². The van der Waals surface area contributed by atoms with Crippen molar-refractivity contribution >= 4 is 34.5 Å². The van der Waals surface area contributed by atoms with Crippen molar-refractivity contribution in [3.63, 3.8) is 0 Å². The van der Waals surface area contributed by atoms with Gasteiger partial charge in [-0.25, -0.2) is 0 Å². The Hall–Kier alpha value is -3.62. The molecule has 5 rings (SSSR count). The van der Waals surface area contributed by atoms with Crippen LogP contribution in [-0.2, 0) is 6.54 Å². The summed E-state index contributed by atoms with van der Waals surface area (Å²) in [7, 11) is 1.62. The minimum Gasteiger partial charge on any atom is -0.497 e. The lowest BCUT2D eigenvalue weighted by molar-refractivity contribution is 0.382. The summed E-state index contributed by atoms with van der Waals surface area (Å²) < 4.78 is 16.7. The van der Waals surface area contributed by atoms with Crippen LogP contribution in [-0.4, -0.2) is 27.3 Å². The van der Waals surface area contributed by atoms with Gasteiger partial charge in [0.1, 0.15) is 11.5 Å². The average molecular weight is 493 g/mol. The van der Waals surface area contributed by atoms with Gasteiger partial charge in [0.2, 0.25) is 5.82 Å². The van der Waals surface area contributed by atoms with E-state index in [0.717, 1.165) is 28.2 Å². The van der Waals surface area contributed by atoms with Gasteiger partial charge in [0.05, 0.1) is 31.5 Å². The Balaban J connectivity index is 1.60. The molecule has 0 radical (unpaired) electrons. The number of furan rings is 1. The van der Waals surface area contributed by atoms with Gasteiger partial charge in [0.25, 0.3) is 5.89 Å². The summed E-state index contributed by atoms with van der Waals surface area (Å²) in [6.07, 6.45) is 1.64. The van der Waals surface area contributed by atoms with Crippen molar-refractivity contribution < 1.29 is 13.7 Å². The van der Waals surface area contributed by atoms with Crippen molar-refractivity contribution in [2.75, 3.05) is 7.11 Å². The van der Waals surface area contributed by atoms with Gasteiger partial charge in [-0.2, -0.15) is 4.98 Å². The first-order valence-corrected chi connectivity index (χ1v) is 11.4. The molecule has 34 heavy (non-hydrogen) atoms. The van der Waals surface area contributed by atoms with E-state index in [4.69, 9.17) is 42.5 Å². The topological polar surface area (TPSA) is 76.6 Å². The normalized spacial score (nSPS) is 16.0. The molecule has 1 N–H and O–H groups in total. The highest BCUT2D eigenvalue weighted by Gasteiger charge is 2.34. The second kappa shape index (κ2) is 9.32. The summed E-state index contributed by atoms with van der Waals surface area (Å²) in [4.78, 5) is 6.69. The van der Waals surface area contributed by atoms with Crippen LogP contribution < -0.4 is 10.1 Å². The van der Waals surface area contributed by atoms with Gasteiger partial charge in [0, 0.05) is 16.3 Å². The lowest BCUT2D eigenvalue weighted by Gasteiger charge is -2.37. The molecular formula is C25H21ClN4O3S. The number of rotatable bonds is 6. The Morgan fingerprint density at radius 1 is 1.15 bits per heavy atom. The first kappa shape index (κ1) is 22.2. The molecule has 0 aliphatic carbocycles. The number of nitrogens with one attached hydrogen (secondary N) is 1. The molecule has 7 nitrogen and oxygen atoms in total. The predicted octanol–water partition coefficient (Wildman–Crippen LogP) is 5.85. The Morgan fingerprint density at radius 2 is 2.00 bits per heavy atom. The molecule has 0 saturated heterocycles. The second-order valence-corrected chi connectivity index (χ2v) is 8.58. The van der Waals surface area contributed by atoms with Crippen LogP contribution in [0.3, 0.4) is 0 Å². The standard InChI is InChI=1S/C25H21ClN4O3S/c1-15-21(24-28-23(29-33-24)17-7-4-9-19(13-17)31-2)22(16-6-3-8-18(26)12-16)27-25(34)30(15)14-20-10-5-11-32-20/h3-13,22H,14H2,1-2H3,(H,27,34). The van der Waals surface area contributed by atoms with Crippen LogP contribution in [0, 0.1) is 0 Å². The minimum absolute atomic E-state index is 0.322. The van der Waals surface area contributed by atoms with Crippen LogP contribution in [0.15, 0.2) is 81.6 Å². The second-order valence-electron chi connectivity index (χ2n) is 7.76. The highest BCUT2D eigenvalue weighted by Crippen LogP contribution is 2.38. The lowest BCUT2D eigenvalue weighted by Crippen LogP contribution is -2.45. The summed E-state index contributed by atoms with van der Waals surface area (Å²) in [5, 5.41) is 8.85. The summed E-state index contributed by atoms with van der Waals surface area (Å²) in [6, 6.07) is 18.6. The van der Waals surface area contributed by atoms with Crippen molar-refractivity contribution in [2.45, 2.75) is 19.5 Å². The van der Waals surface area contributed by atoms with E-state index in [2.05, 4.69) is 10.5 Å². The van der Waals surface area contributed by atoms with E-state index in [-0.39, 0.29) is 6.04 Å². The zero-order valence-corrected chi connectivity index (χ0v) is 20.1. The molecular weight excluding hydrogens is 472 g/mol. The highest BCUT2D eigenvalue weighted by atomic mass is 35.5. The third-order valence-electron chi connectivity index (χ3n) is 5.66. The molecule has 1 unspecified atom stereocenters. The average Bonchev–Trinajstić information content (AvgIpc) is 3.54. The maximum atomic E-state index is 6.30. The zero-order chi connectivity index (χ0) is 23.7. The summed E-state index contributed by atoms with van der Waals surface area (Å²) in [5.74, 6) is 2.35. The molecule has 9 heteroatoms. The molecule has 0 amide bonds. The van der Waals surface area contributed by atoms with E-state index in [9.17, 15) is 0 Å². The van der Waals surface area contributed by atoms with Crippen LogP contribution >= 0.6 is 23.8 Å². The number of halogens is 1. The van der Waals surface area contributed by atoms with Gasteiger partial charge in [-0.1, -0.05) is 41.0 Å². The molecule has 1 atom stereocenters.